The molecule has 0 unspecified atom stereocenters. The zero-order chi connectivity index (χ0) is 13.2. The molecule has 100 valence electrons. The number of nitrogens with two attached hydrogens (primary N) is 1. The van der Waals surface area contributed by atoms with Gasteiger partial charge in [-0.25, -0.2) is 4.98 Å². The van der Waals surface area contributed by atoms with Crippen LogP contribution in [0.3, 0.4) is 0 Å². The Kier molecular flexibility index (Phi) is 3.28. The molecule has 0 aliphatic heterocycles. The van der Waals surface area contributed by atoms with Gasteiger partial charge in [-0.2, -0.15) is 0 Å². The van der Waals surface area contributed by atoms with Crippen LogP contribution in [0.4, 0.5) is 11.5 Å². The Morgan fingerprint density at radius 1 is 1.11 bits per heavy atom. The highest BCUT2D eigenvalue weighted by Gasteiger charge is 2.19. The van der Waals surface area contributed by atoms with Gasteiger partial charge in [0, 0.05) is 24.2 Å². The van der Waals surface area contributed by atoms with E-state index < -0.39 is 0 Å². The molecular formula is C16H21N3. The maximum absolute atomic E-state index is 5.80. The number of aromatic nitrogens is 1. The molecule has 3 nitrogen and oxygen atoms in total. The number of nitrogens with zero attached hydrogens (tertiary/aromatic N) is 2. The standard InChI is InChI=1S/C16H21N3/c1-19(14-5-3-2-4-6-14)16-10-7-12-11-13(17)8-9-15(12)18-16/h7-11,14H,2-6,17H2,1H3. The molecule has 0 atom stereocenters. The predicted molar refractivity (Wildman–Crippen MR) is 81.4 cm³/mol. The van der Waals surface area contributed by atoms with Crippen molar-refractivity contribution in [3.8, 4) is 0 Å². The minimum Gasteiger partial charge on any atom is -0.399 e. The zero-order valence-corrected chi connectivity index (χ0v) is 11.5. The highest BCUT2D eigenvalue weighted by Crippen LogP contribution is 2.26. The van der Waals surface area contributed by atoms with Crippen LogP contribution in [-0.2, 0) is 0 Å². The molecule has 1 fully saturated rings. The van der Waals surface area contributed by atoms with E-state index in [1.807, 2.05) is 18.2 Å². The minimum atomic E-state index is 0.646. The normalized spacial score (nSPS) is 16.7. The minimum absolute atomic E-state index is 0.646. The molecule has 1 aliphatic rings. The first-order valence-corrected chi connectivity index (χ1v) is 7.13. The monoisotopic (exact) mass is 255 g/mol. The Balaban J connectivity index is 1.89. The maximum Gasteiger partial charge on any atom is 0.129 e. The quantitative estimate of drug-likeness (QED) is 0.834. The Bertz CT molecular complexity index is 573. The summed E-state index contributed by atoms with van der Waals surface area (Å²) >= 11 is 0. The number of pyridine rings is 1. The number of hydrogen-bond donors (Lipinski definition) is 1. The highest BCUT2D eigenvalue weighted by atomic mass is 15.2. The second-order valence-electron chi connectivity index (χ2n) is 5.52. The topological polar surface area (TPSA) is 42.1 Å². The molecule has 3 rings (SSSR count). The molecule has 0 saturated heterocycles. The molecule has 2 aromatic rings. The maximum atomic E-state index is 5.80. The summed E-state index contributed by atoms with van der Waals surface area (Å²) < 4.78 is 0. The fraction of sp³-hybridized carbons (Fsp3) is 0.438. The molecule has 2 N–H and O–H groups in total. The second kappa shape index (κ2) is 5.08. The van der Waals surface area contributed by atoms with E-state index in [-0.39, 0.29) is 0 Å². The number of benzene rings is 1. The summed E-state index contributed by atoms with van der Waals surface area (Å²) in [5.74, 6) is 1.07. The summed E-state index contributed by atoms with van der Waals surface area (Å²) in [7, 11) is 2.17. The molecule has 1 aromatic carbocycles. The van der Waals surface area contributed by atoms with Crippen molar-refractivity contribution in [2.45, 2.75) is 38.1 Å². The van der Waals surface area contributed by atoms with E-state index in [4.69, 9.17) is 10.7 Å². The van der Waals surface area contributed by atoms with Crippen molar-refractivity contribution in [2.75, 3.05) is 17.7 Å². The highest BCUT2D eigenvalue weighted by molar-refractivity contribution is 5.83. The van der Waals surface area contributed by atoms with E-state index in [0.29, 0.717) is 6.04 Å². The number of hydrogen-bond acceptors (Lipinski definition) is 3. The third-order valence-electron chi connectivity index (χ3n) is 4.18. The number of rotatable bonds is 2. The van der Waals surface area contributed by atoms with Crippen LogP contribution in [0.2, 0.25) is 0 Å². The third kappa shape index (κ3) is 2.50. The van der Waals surface area contributed by atoms with E-state index in [1.54, 1.807) is 0 Å². The first-order chi connectivity index (χ1) is 9.24. The van der Waals surface area contributed by atoms with E-state index in [2.05, 4.69) is 24.1 Å². The van der Waals surface area contributed by atoms with Gasteiger partial charge in [-0.15, -0.1) is 0 Å². The molecule has 3 heteroatoms. The smallest absolute Gasteiger partial charge is 0.129 e. The summed E-state index contributed by atoms with van der Waals surface area (Å²) in [6, 6.07) is 10.8. The van der Waals surface area contributed by atoms with Crippen molar-refractivity contribution < 1.29 is 0 Å². The first-order valence-electron chi connectivity index (χ1n) is 7.13. The van der Waals surface area contributed by atoms with Crippen LogP contribution in [0, 0.1) is 0 Å². The van der Waals surface area contributed by atoms with Crippen LogP contribution in [-0.4, -0.2) is 18.1 Å². The van der Waals surface area contributed by atoms with Gasteiger partial charge < -0.3 is 10.6 Å². The van der Waals surface area contributed by atoms with E-state index in [0.717, 1.165) is 22.4 Å². The Morgan fingerprint density at radius 2 is 1.89 bits per heavy atom. The molecule has 0 bridgehead atoms. The Hall–Kier alpha value is -1.77. The molecule has 1 aromatic heterocycles. The van der Waals surface area contributed by atoms with Crippen LogP contribution < -0.4 is 10.6 Å². The second-order valence-corrected chi connectivity index (χ2v) is 5.52. The lowest BCUT2D eigenvalue weighted by Gasteiger charge is -2.32. The number of fused-ring (bicyclic) bond motifs is 1. The van der Waals surface area contributed by atoms with E-state index in [1.165, 1.54) is 32.1 Å². The lowest BCUT2D eigenvalue weighted by atomic mass is 9.94. The SMILES string of the molecule is CN(c1ccc2cc(N)ccc2n1)C1CCCCC1. The summed E-state index contributed by atoms with van der Waals surface area (Å²) in [5.41, 5.74) is 7.62. The molecule has 1 saturated carbocycles. The number of nitrogen functional groups attached to an aromatic ring is 1. The third-order valence-corrected chi connectivity index (χ3v) is 4.18. The summed E-state index contributed by atoms with van der Waals surface area (Å²) in [6.45, 7) is 0. The van der Waals surface area contributed by atoms with Crippen LogP contribution in [0.5, 0.6) is 0 Å². The van der Waals surface area contributed by atoms with Crippen molar-refractivity contribution >= 4 is 22.4 Å². The Labute approximate surface area is 114 Å². The molecule has 0 amide bonds. The van der Waals surface area contributed by atoms with Crippen LogP contribution in [0.25, 0.3) is 10.9 Å². The van der Waals surface area contributed by atoms with Gasteiger partial charge in [0.15, 0.2) is 0 Å². The average Bonchev–Trinajstić information content (AvgIpc) is 2.47. The summed E-state index contributed by atoms with van der Waals surface area (Å²) in [5, 5.41) is 1.11. The lowest BCUT2D eigenvalue weighted by Crippen LogP contribution is -2.33. The van der Waals surface area contributed by atoms with Crippen molar-refractivity contribution in [2.24, 2.45) is 0 Å². The van der Waals surface area contributed by atoms with Gasteiger partial charge in [-0.05, 0) is 43.2 Å². The molecule has 1 heterocycles. The lowest BCUT2D eigenvalue weighted by molar-refractivity contribution is 0.426. The van der Waals surface area contributed by atoms with Crippen molar-refractivity contribution in [3.63, 3.8) is 0 Å². The molecule has 0 spiro atoms. The van der Waals surface area contributed by atoms with Crippen molar-refractivity contribution in [3.05, 3.63) is 30.3 Å². The Morgan fingerprint density at radius 3 is 2.68 bits per heavy atom. The average molecular weight is 255 g/mol. The van der Waals surface area contributed by atoms with E-state index in [9.17, 15) is 0 Å². The molecule has 19 heavy (non-hydrogen) atoms. The van der Waals surface area contributed by atoms with Crippen LogP contribution >= 0.6 is 0 Å². The van der Waals surface area contributed by atoms with Crippen LogP contribution in [0.15, 0.2) is 30.3 Å². The predicted octanol–water partition coefficient (Wildman–Crippen LogP) is 3.59. The first kappa shape index (κ1) is 12.3. The van der Waals surface area contributed by atoms with Gasteiger partial charge in [0.05, 0.1) is 5.52 Å². The van der Waals surface area contributed by atoms with Gasteiger partial charge in [-0.1, -0.05) is 19.3 Å². The zero-order valence-electron chi connectivity index (χ0n) is 11.5. The summed E-state index contributed by atoms with van der Waals surface area (Å²) in [4.78, 5) is 7.10. The fourth-order valence-electron chi connectivity index (χ4n) is 2.99. The van der Waals surface area contributed by atoms with Gasteiger partial charge in [-0.3, -0.25) is 0 Å². The molecule has 1 aliphatic carbocycles. The molecular weight excluding hydrogens is 234 g/mol. The van der Waals surface area contributed by atoms with Gasteiger partial charge in [0.1, 0.15) is 5.82 Å². The van der Waals surface area contributed by atoms with Gasteiger partial charge in [0.2, 0.25) is 0 Å². The summed E-state index contributed by atoms with van der Waals surface area (Å²) in [6.07, 6.45) is 6.66. The molecule has 0 radical (unpaired) electrons. The van der Waals surface area contributed by atoms with Crippen LogP contribution in [0.1, 0.15) is 32.1 Å². The van der Waals surface area contributed by atoms with Gasteiger partial charge >= 0.3 is 0 Å². The largest absolute Gasteiger partial charge is 0.399 e. The van der Waals surface area contributed by atoms with Gasteiger partial charge in [0.25, 0.3) is 0 Å². The number of anilines is 2. The van der Waals surface area contributed by atoms with Crippen molar-refractivity contribution in [1.29, 1.82) is 0 Å². The van der Waals surface area contributed by atoms with E-state index >= 15 is 0 Å². The van der Waals surface area contributed by atoms with Crippen molar-refractivity contribution in [1.82, 2.24) is 4.98 Å². The fourth-order valence-corrected chi connectivity index (χ4v) is 2.99.